The van der Waals surface area contributed by atoms with E-state index in [1.54, 1.807) is 0 Å². The lowest BCUT2D eigenvalue weighted by Crippen LogP contribution is -2.45. The minimum Gasteiger partial charge on any atom is -0.313 e. The van der Waals surface area contributed by atoms with Crippen LogP contribution in [-0.2, 0) is 6.54 Å². The Balaban J connectivity index is 1.85. The van der Waals surface area contributed by atoms with E-state index >= 15 is 0 Å². The highest BCUT2D eigenvalue weighted by Crippen LogP contribution is 2.11. The molecule has 2 rings (SSSR count). The van der Waals surface area contributed by atoms with Crippen molar-refractivity contribution in [3.8, 4) is 0 Å². The molecule has 1 aliphatic rings. The summed E-state index contributed by atoms with van der Waals surface area (Å²) in [6.45, 7) is 6.38. The number of rotatable bonds is 4. The molecule has 1 N–H and O–H groups in total. The van der Waals surface area contributed by atoms with Gasteiger partial charge < -0.3 is 5.32 Å². The van der Waals surface area contributed by atoms with Crippen LogP contribution in [0.2, 0.25) is 0 Å². The number of nitrogens with zero attached hydrogens (tertiary/aromatic N) is 3. The van der Waals surface area contributed by atoms with Crippen LogP contribution < -0.4 is 5.32 Å². The molecule has 0 amide bonds. The summed E-state index contributed by atoms with van der Waals surface area (Å²) in [5.41, 5.74) is 0. The highest BCUT2D eigenvalue weighted by Gasteiger charge is 2.19. The van der Waals surface area contributed by atoms with Crippen molar-refractivity contribution in [2.24, 2.45) is 0 Å². The fourth-order valence-electron chi connectivity index (χ4n) is 2.27. The van der Waals surface area contributed by atoms with Crippen molar-refractivity contribution in [3.63, 3.8) is 0 Å². The van der Waals surface area contributed by atoms with Crippen LogP contribution in [0.5, 0.6) is 0 Å². The lowest BCUT2D eigenvalue weighted by molar-refractivity contribution is 0.181. The Morgan fingerprint density at radius 2 is 2.25 bits per heavy atom. The second kappa shape index (κ2) is 5.92. The second-order valence-corrected chi connectivity index (χ2v) is 4.30. The molecule has 1 aromatic heterocycles. The van der Waals surface area contributed by atoms with Crippen molar-refractivity contribution in [1.29, 1.82) is 0 Å². The highest BCUT2D eigenvalue weighted by atomic mass is 15.2. The van der Waals surface area contributed by atoms with Gasteiger partial charge >= 0.3 is 0 Å². The van der Waals surface area contributed by atoms with Crippen molar-refractivity contribution >= 4 is 0 Å². The molecule has 0 aromatic carbocycles. The quantitative estimate of drug-likeness (QED) is 0.823. The first-order valence-corrected chi connectivity index (χ1v) is 6.10. The van der Waals surface area contributed by atoms with Gasteiger partial charge in [0.2, 0.25) is 0 Å². The molecule has 2 heterocycles. The number of hydrogen-bond acceptors (Lipinski definition) is 4. The molecule has 0 radical (unpaired) electrons. The van der Waals surface area contributed by atoms with Crippen LogP contribution in [-0.4, -0.2) is 40.5 Å². The molecule has 1 aliphatic heterocycles. The van der Waals surface area contributed by atoms with Crippen LogP contribution in [0.3, 0.4) is 0 Å². The molecule has 1 atom stereocenters. The maximum atomic E-state index is 4.27. The Morgan fingerprint density at radius 1 is 1.44 bits per heavy atom. The monoisotopic (exact) mass is 220 g/mol. The summed E-state index contributed by atoms with van der Waals surface area (Å²) in [4.78, 5) is 11.0. The Morgan fingerprint density at radius 3 is 3.00 bits per heavy atom. The van der Waals surface area contributed by atoms with Gasteiger partial charge in [-0.25, -0.2) is 9.97 Å². The molecule has 0 saturated carbocycles. The van der Waals surface area contributed by atoms with Crippen molar-refractivity contribution < 1.29 is 0 Å². The number of likely N-dealkylation sites (tertiary alicyclic amines) is 1. The molecule has 1 unspecified atom stereocenters. The fourth-order valence-corrected chi connectivity index (χ4v) is 2.27. The lowest BCUT2D eigenvalue weighted by atomic mass is 10.1. The van der Waals surface area contributed by atoms with E-state index in [1.807, 2.05) is 18.5 Å². The molecule has 0 bridgehead atoms. The van der Waals surface area contributed by atoms with Crippen LogP contribution in [0.15, 0.2) is 18.5 Å². The van der Waals surface area contributed by atoms with Crippen LogP contribution in [0.25, 0.3) is 0 Å². The molecule has 4 heteroatoms. The Kier molecular flexibility index (Phi) is 4.25. The summed E-state index contributed by atoms with van der Waals surface area (Å²) >= 11 is 0. The van der Waals surface area contributed by atoms with Gasteiger partial charge in [0.1, 0.15) is 5.82 Å². The van der Waals surface area contributed by atoms with Gasteiger partial charge in [-0.1, -0.05) is 6.92 Å². The van der Waals surface area contributed by atoms with Gasteiger partial charge in [-0.2, -0.15) is 0 Å². The van der Waals surface area contributed by atoms with Crippen molar-refractivity contribution in [2.75, 3.05) is 19.6 Å². The van der Waals surface area contributed by atoms with Gasteiger partial charge in [0.25, 0.3) is 0 Å². The van der Waals surface area contributed by atoms with E-state index in [9.17, 15) is 0 Å². The largest absolute Gasteiger partial charge is 0.313 e. The van der Waals surface area contributed by atoms with Gasteiger partial charge in [-0.3, -0.25) is 4.90 Å². The fraction of sp³-hybridized carbons (Fsp3) is 0.667. The number of piperidine rings is 1. The van der Waals surface area contributed by atoms with Crippen LogP contribution in [0, 0.1) is 0 Å². The zero-order valence-electron chi connectivity index (χ0n) is 9.89. The predicted molar refractivity (Wildman–Crippen MR) is 64.0 cm³/mol. The normalized spacial score (nSPS) is 22.2. The van der Waals surface area contributed by atoms with Crippen molar-refractivity contribution in [1.82, 2.24) is 20.2 Å². The van der Waals surface area contributed by atoms with Crippen molar-refractivity contribution in [3.05, 3.63) is 24.3 Å². The summed E-state index contributed by atoms with van der Waals surface area (Å²) < 4.78 is 0. The first-order valence-electron chi connectivity index (χ1n) is 6.10. The minimum atomic E-state index is 0.641. The maximum Gasteiger partial charge on any atom is 0.142 e. The number of hydrogen-bond donors (Lipinski definition) is 1. The summed E-state index contributed by atoms with van der Waals surface area (Å²) in [5.74, 6) is 0.930. The van der Waals surface area contributed by atoms with Gasteiger partial charge in [0.15, 0.2) is 0 Å². The van der Waals surface area contributed by atoms with Gasteiger partial charge in [-0.15, -0.1) is 0 Å². The standard InChI is InChI=1S/C12H20N4/c1-2-13-11-5-3-8-16(9-11)10-12-14-6-4-7-15-12/h4,6-7,11,13H,2-3,5,8-10H2,1H3. The molecule has 16 heavy (non-hydrogen) atoms. The van der Waals surface area contributed by atoms with E-state index in [-0.39, 0.29) is 0 Å². The molecule has 4 nitrogen and oxygen atoms in total. The second-order valence-electron chi connectivity index (χ2n) is 4.30. The van der Waals surface area contributed by atoms with E-state index in [4.69, 9.17) is 0 Å². The average molecular weight is 220 g/mol. The van der Waals surface area contributed by atoms with Gasteiger partial charge in [0.05, 0.1) is 6.54 Å². The molecule has 0 spiro atoms. The Bertz CT molecular complexity index is 299. The summed E-state index contributed by atoms with van der Waals surface area (Å²) in [6, 6.07) is 2.50. The molecule has 1 saturated heterocycles. The van der Waals surface area contributed by atoms with Gasteiger partial charge in [0, 0.05) is 25.0 Å². The van der Waals surface area contributed by atoms with Crippen molar-refractivity contribution in [2.45, 2.75) is 32.4 Å². The van der Waals surface area contributed by atoms with Crippen LogP contribution in [0.4, 0.5) is 0 Å². The van der Waals surface area contributed by atoms with Gasteiger partial charge in [-0.05, 0) is 32.0 Å². The lowest BCUT2D eigenvalue weighted by Gasteiger charge is -2.32. The topological polar surface area (TPSA) is 41.0 Å². The predicted octanol–water partition coefficient (Wildman–Crippen LogP) is 1.05. The molecule has 0 aliphatic carbocycles. The number of likely N-dealkylation sites (N-methyl/N-ethyl adjacent to an activating group) is 1. The zero-order valence-corrected chi connectivity index (χ0v) is 9.89. The third kappa shape index (κ3) is 3.25. The highest BCUT2D eigenvalue weighted by molar-refractivity contribution is 4.90. The smallest absolute Gasteiger partial charge is 0.142 e. The van der Waals surface area contributed by atoms with Crippen LogP contribution >= 0.6 is 0 Å². The van der Waals surface area contributed by atoms with Crippen LogP contribution in [0.1, 0.15) is 25.6 Å². The molecular weight excluding hydrogens is 200 g/mol. The maximum absolute atomic E-state index is 4.27. The minimum absolute atomic E-state index is 0.641. The number of aromatic nitrogens is 2. The van der Waals surface area contributed by atoms with E-state index in [0.29, 0.717) is 6.04 Å². The Labute approximate surface area is 97.1 Å². The molecule has 1 aromatic rings. The van der Waals surface area contributed by atoms with E-state index in [2.05, 4.69) is 27.1 Å². The molecule has 88 valence electrons. The molecular formula is C12H20N4. The number of nitrogens with one attached hydrogen (secondary N) is 1. The van der Waals surface area contributed by atoms with E-state index < -0.39 is 0 Å². The summed E-state index contributed by atoms with van der Waals surface area (Å²) in [7, 11) is 0. The Hall–Kier alpha value is -1.00. The first-order chi connectivity index (χ1) is 7.88. The first kappa shape index (κ1) is 11.5. The molecule has 1 fully saturated rings. The van der Waals surface area contributed by atoms with E-state index in [1.165, 1.54) is 19.4 Å². The summed E-state index contributed by atoms with van der Waals surface area (Å²) in [5, 5.41) is 3.52. The SMILES string of the molecule is CCNC1CCCN(Cc2ncccn2)C1. The average Bonchev–Trinajstić information content (AvgIpc) is 2.31. The summed E-state index contributed by atoms with van der Waals surface area (Å²) in [6.07, 6.45) is 6.19. The third-order valence-electron chi connectivity index (χ3n) is 2.98. The zero-order chi connectivity index (χ0) is 11.2. The third-order valence-corrected chi connectivity index (χ3v) is 2.98. The van der Waals surface area contributed by atoms with E-state index in [0.717, 1.165) is 25.5 Å².